The van der Waals surface area contributed by atoms with Crippen molar-refractivity contribution in [2.45, 2.75) is 0 Å². The fourth-order valence-corrected chi connectivity index (χ4v) is 0.405. The molecule has 0 saturated carbocycles. The molecular formula is CH2N3O2S2-. The van der Waals surface area contributed by atoms with Crippen molar-refractivity contribution in [3.63, 3.8) is 0 Å². The van der Waals surface area contributed by atoms with Crippen molar-refractivity contribution < 1.29 is 4.92 Å². The first kappa shape index (κ1) is 7.57. The zero-order valence-corrected chi connectivity index (χ0v) is 5.28. The van der Waals surface area contributed by atoms with E-state index in [1.54, 1.807) is 0 Å². The van der Waals surface area contributed by atoms with E-state index in [1.807, 2.05) is 4.72 Å². The van der Waals surface area contributed by atoms with E-state index in [0.29, 0.717) is 0 Å². The first-order valence-corrected chi connectivity index (χ1v) is 2.27. The van der Waals surface area contributed by atoms with Crippen molar-refractivity contribution in [3.8, 4) is 0 Å². The van der Waals surface area contributed by atoms with Crippen molar-refractivity contribution >= 4 is 31.6 Å². The van der Waals surface area contributed by atoms with Crippen LogP contribution in [0.4, 0.5) is 0 Å². The molecule has 0 amide bonds. The van der Waals surface area contributed by atoms with Gasteiger partial charge in [0.05, 0.1) is 12.8 Å². The number of nitrogens with zero attached hydrogens (tertiary/aromatic N) is 2. The molecule has 0 radical (unpaired) electrons. The van der Waals surface area contributed by atoms with Crippen molar-refractivity contribution in [3.05, 3.63) is 10.1 Å². The van der Waals surface area contributed by atoms with Gasteiger partial charge in [-0.1, -0.05) is 0 Å². The highest BCUT2D eigenvalue weighted by atomic mass is 32.1. The molecule has 0 aliphatic rings. The number of nitrogens with one attached hydrogen (secondary N) is 1. The summed E-state index contributed by atoms with van der Waals surface area (Å²) in [5, 5.41) is 9.66. The first-order valence-electron chi connectivity index (χ1n) is 1.47. The number of guanidine groups is 1. The van der Waals surface area contributed by atoms with E-state index in [1.165, 1.54) is 0 Å². The lowest BCUT2D eigenvalue weighted by molar-refractivity contribution is -0.353. The minimum absolute atomic E-state index is 0.539. The van der Waals surface area contributed by atoms with Crippen LogP contribution in [-0.4, -0.2) is 10.9 Å². The SMILES string of the molecule is O=[N+]([O-])/C(=N\S)N[S-]. The molecule has 0 aromatic carbocycles. The summed E-state index contributed by atoms with van der Waals surface area (Å²) in [5.74, 6) is -0.539. The van der Waals surface area contributed by atoms with Crippen molar-refractivity contribution in [1.82, 2.24) is 4.72 Å². The third-order valence-electron chi connectivity index (χ3n) is 0.359. The van der Waals surface area contributed by atoms with Crippen LogP contribution in [0.15, 0.2) is 4.40 Å². The molecule has 0 aliphatic heterocycles. The normalized spacial score (nSPS) is 11.0. The Bertz CT molecular complexity index is 122. The van der Waals surface area contributed by atoms with E-state index >= 15 is 0 Å². The third kappa shape index (κ3) is 2.03. The molecule has 0 fully saturated rings. The number of hydrogen-bond donors (Lipinski definition) is 2. The van der Waals surface area contributed by atoms with Gasteiger partial charge in [0.15, 0.2) is 0 Å². The lowest BCUT2D eigenvalue weighted by Crippen LogP contribution is -2.24. The van der Waals surface area contributed by atoms with Gasteiger partial charge in [0.1, 0.15) is 0 Å². The first-order chi connectivity index (χ1) is 3.72. The summed E-state index contributed by atoms with van der Waals surface area (Å²) in [7, 11) is 0. The summed E-state index contributed by atoms with van der Waals surface area (Å²) in [6.07, 6.45) is 0. The molecule has 0 aromatic heterocycles. The Morgan fingerprint density at radius 2 is 2.50 bits per heavy atom. The van der Waals surface area contributed by atoms with Gasteiger partial charge >= 0.3 is 5.96 Å². The van der Waals surface area contributed by atoms with Gasteiger partial charge < -0.3 is 27.7 Å². The predicted octanol–water partition coefficient (Wildman–Crippen LogP) is -0.485. The third-order valence-corrected chi connectivity index (χ3v) is 0.731. The number of thiol groups is 1. The maximum atomic E-state index is 9.66. The molecule has 0 bridgehead atoms. The molecule has 7 heteroatoms. The van der Waals surface area contributed by atoms with E-state index < -0.39 is 10.9 Å². The molecule has 5 nitrogen and oxygen atoms in total. The largest absolute Gasteiger partial charge is 0.575 e. The lowest BCUT2D eigenvalue weighted by Gasteiger charge is -2.00. The van der Waals surface area contributed by atoms with Crippen LogP contribution in [0.5, 0.6) is 0 Å². The van der Waals surface area contributed by atoms with Gasteiger partial charge in [-0.2, -0.15) is 0 Å². The van der Waals surface area contributed by atoms with Crippen LogP contribution >= 0.6 is 12.8 Å². The van der Waals surface area contributed by atoms with Gasteiger partial charge in [-0.05, 0) is 9.32 Å². The Balaban J connectivity index is 3.92. The van der Waals surface area contributed by atoms with Crippen LogP contribution < -0.4 is 4.72 Å². The molecule has 0 heterocycles. The molecular weight excluding hydrogens is 150 g/mol. The minimum atomic E-state index is -0.764. The molecule has 0 saturated heterocycles. The van der Waals surface area contributed by atoms with Gasteiger partial charge in [0.25, 0.3) is 0 Å². The number of hydrogen-bond acceptors (Lipinski definition) is 5. The standard InChI is InChI=1S/CH2N3O2S2/c5-4(6)1(2-7)3-8/h(H2-,2,3,7,8)/q-1. The maximum Gasteiger partial charge on any atom is 0.413 e. The van der Waals surface area contributed by atoms with Crippen LogP contribution in [0.1, 0.15) is 0 Å². The van der Waals surface area contributed by atoms with Gasteiger partial charge in [-0.15, -0.1) is 0 Å². The molecule has 8 heavy (non-hydrogen) atoms. The van der Waals surface area contributed by atoms with E-state index in [2.05, 4.69) is 30.0 Å². The fourth-order valence-electron chi connectivity index (χ4n) is 0.0942. The molecule has 0 rings (SSSR count). The molecule has 0 aliphatic carbocycles. The highest BCUT2D eigenvalue weighted by Gasteiger charge is 1.98. The van der Waals surface area contributed by atoms with Gasteiger partial charge in [0.2, 0.25) is 0 Å². The molecule has 1 N–H and O–H groups in total. The van der Waals surface area contributed by atoms with Crippen molar-refractivity contribution in [2.24, 2.45) is 4.40 Å². The Kier molecular flexibility index (Phi) is 3.37. The lowest BCUT2D eigenvalue weighted by atomic mass is 11.1. The van der Waals surface area contributed by atoms with Gasteiger partial charge in [-0.25, -0.2) is 0 Å². The van der Waals surface area contributed by atoms with E-state index in [-0.39, 0.29) is 0 Å². The van der Waals surface area contributed by atoms with Crippen LogP contribution in [0.3, 0.4) is 0 Å². The Morgan fingerprint density at radius 1 is 2.00 bits per heavy atom. The number of nitro groups is 1. The van der Waals surface area contributed by atoms with Gasteiger partial charge in [-0.3, -0.25) is 0 Å². The van der Waals surface area contributed by atoms with Crippen LogP contribution in [0.25, 0.3) is 0 Å². The summed E-state index contributed by atoms with van der Waals surface area (Å²) in [5.41, 5.74) is 0. The van der Waals surface area contributed by atoms with Crippen LogP contribution in [0.2, 0.25) is 0 Å². The van der Waals surface area contributed by atoms with E-state index in [0.717, 1.165) is 0 Å². The summed E-state index contributed by atoms with van der Waals surface area (Å²) in [6, 6.07) is 0. The highest BCUT2D eigenvalue weighted by Crippen LogP contribution is 1.77. The zero-order chi connectivity index (χ0) is 6.57. The maximum absolute atomic E-state index is 9.66. The van der Waals surface area contributed by atoms with Gasteiger partial charge in [0, 0.05) is 0 Å². The molecule has 46 valence electrons. The topological polar surface area (TPSA) is 67.5 Å². The highest BCUT2D eigenvalue weighted by molar-refractivity contribution is 7.79. The van der Waals surface area contributed by atoms with Crippen molar-refractivity contribution in [1.29, 1.82) is 0 Å². The van der Waals surface area contributed by atoms with Crippen LogP contribution in [0, 0.1) is 10.1 Å². The van der Waals surface area contributed by atoms with E-state index in [4.69, 9.17) is 0 Å². The van der Waals surface area contributed by atoms with Crippen molar-refractivity contribution in [2.75, 3.05) is 0 Å². The summed E-state index contributed by atoms with van der Waals surface area (Å²) >= 11 is 7.33. The monoisotopic (exact) mass is 152 g/mol. The average molecular weight is 152 g/mol. The second-order valence-corrected chi connectivity index (χ2v) is 1.19. The molecule has 0 unspecified atom stereocenters. The predicted molar refractivity (Wildman–Crippen MR) is 33.9 cm³/mol. The summed E-state index contributed by atoms with van der Waals surface area (Å²) in [6.45, 7) is 0. The quantitative estimate of drug-likeness (QED) is 0.123. The minimum Gasteiger partial charge on any atom is -0.575 e. The number of rotatable bonds is 0. The second-order valence-electron chi connectivity index (χ2n) is 0.783. The zero-order valence-electron chi connectivity index (χ0n) is 3.57. The Hall–Kier alpha value is -0.430. The molecule has 0 aromatic rings. The van der Waals surface area contributed by atoms with E-state index in [9.17, 15) is 10.1 Å². The summed E-state index contributed by atoms with van der Waals surface area (Å²) < 4.78 is 4.71. The summed E-state index contributed by atoms with van der Waals surface area (Å²) in [4.78, 5) is 8.89. The molecule has 0 spiro atoms. The smallest absolute Gasteiger partial charge is 0.413 e. The average Bonchev–Trinajstić information content (AvgIpc) is 1.69. The molecule has 0 atom stereocenters. The fraction of sp³-hybridized carbons (Fsp3) is 0. The van der Waals surface area contributed by atoms with Crippen LogP contribution in [-0.2, 0) is 12.8 Å². The second kappa shape index (κ2) is 3.56. The Labute approximate surface area is 56.4 Å². The Morgan fingerprint density at radius 3 is 2.50 bits per heavy atom.